The van der Waals surface area contributed by atoms with Crippen molar-refractivity contribution in [3.63, 3.8) is 0 Å². The first-order valence-corrected chi connectivity index (χ1v) is 8.26. The Hall–Kier alpha value is -1.21. The molecule has 0 spiro atoms. The van der Waals surface area contributed by atoms with Gasteiger partial charge in [-0.15, -0.1) is 11.3 Å². The van der Waals surface area contributed by atoms with E-state index in [2.05, 4.69) is 50.6 Å². The molecule has 0 radical (unpaired) electrons. The summed E-state index contributed by atoms with van der Waals surface area (Å²) in [6, 6.07) is 6.31. The van der Waals surface area contributed by atoms with E-state index >= 15 is 0 Å². The SMILES string of the molecule is CN(CCN1CCOCC1)Cc1cc(-c2cccs2)n[nH]1. The number of hydrogen-bond acceptors (Lipinski definition) is 5. The van der Waals surface area contributed by atoms with Gasteiger partial charge in [-0.2, -0.15) is 5.10 Å². The normalized spacial score (nSPS) is 16.7. The van der Waals surface area contributed by atoms with E-state index in [-0.39, 0.29) is 0 Å². The predicted molar refractivity (Wildman–Crippen MR) is 85.5 cm³/mol. The zero-order valence-electron chi connectivity index (χ0n) is 12.4. The minimum absolute atomic E-state index is 0.869. The Labute approximate surface area is 129 Å². The van der Waals surface area contributed by atoms with Crippen molar-refractivity contribution in [3.8, 4) is 10.6 Å². The molecule has 2 aromatic rings. The largest absolute Gasteiger partial charge is 0.379 e. The summed E-state index contributed by atoms with van der Waals surface area (Å²) < 4.78 is 5.37. The van der Waals surface area contributed by atoms with E-state index < -0.39 is 0 Å². The van der Waals surface area contributed by atoms with E-state index in [0.29, 0.717) is 0 Å². The summed E-state index contributed by atoms with van der Waals surface area (Å²) in [5, 5.41) is 9.62. The third kappa shape index (κ3) is 4.14. The van der Waals surface area contributed by atoms with Crippen LogP contribution in [0.5, 0.6) is 0 Å². The van der Waals surface area contributed by atoms with Gasteiger partial charge in [0.05, 0.1) is 18.1 Å². The number of hydrogen-bond donors (Lipinski definition) is 1. The Morgan fingerprint density at radius 1 is 1.43 bits per heavy atom. The van der Waals surface area contributed by atoms with Crippen LogP contribution in [0.25, 0.3) is 10.6 Å². The summed E-state index contributed by atoms with van der Waals surface area (Å²) in [5.41, 5.74) is 2.21. The summed E-state index contributed by atoms with van der Waals surface area (Å²) >= 11 is 1.72. The molecule has 1 aliphatic rings. The molecular weight excluding hydrogens is 284 g/mol. The number of ether oxygens (including phenoxy) is 1. The van der Waals surface area contributed by atoms with Gasteiger partial charge in [0.25, 0.3) is 0 Å². The number of thiophene rings is 1. The van der Waals surface area contributed by atoms with Crippen molar-refractivity contribution in [1.29, 1.82) is 0 Å². The Kier molecular flexibility index (Phi) is 5.03. The molecule has 0 amide bonds. The van der Waals surface area contributed by atoms with Crippen molar-refractivity contribution in [1.82, 2.24) is 20.0 Å². The molecule has 5 nitrogen and oxygen atoms in total. The van der Waals surface area contributed by atoms with Crippen LogP contribution >= 0.6 is 11.3 Å². The molecule has 1 N–H and O–H groups in total. The molecule has 0 aliphatic carbocycles. The van der Waals surface area contributed by atoms with Crippen LogP contribution < -0.4 is 0 Å². The maximum absolute atomic E-state index is 5.37. The molecule has 1 aliphatic heterocycles. The monoisotopic (exact) mass is 306 g/mol. The summed E-state index contributed by atoms with van der Waals surface area (Å²) in [7, 11) is 2.16. The summed E-state index contributed by atoms with van der Waals surface area (Å²) in [6.45, 7) is 6.92. The summed E-state index contributed by atoms with van der Waals surface area (Å²) in [5.74, 6) is 0. The number of aromatic amines is 1. The maximum Gasteiger partial charge on any atom is 0.102 e. The van der Waals surface area contributed by atoms with Crippen LogP contribution in [0.2, 0.25) is 0 Å². The van der Waals surface area contributed by atoms with Gasteiger partial charge in [0.2, 0.25) is 0 Å². The highest BCUT2D eigenvalue weighted by molar-refractivity contribution is 7.13. The molecule has 0 bridgehead atoms. The zero-order valence-corrected chi connectivity index (χ0v) is 13.2. The quantitative estimate of drug-likeness (QED) is 0.885. The minimum atomic E-state index is 0.869. The van der Waals surface area contributed by atoms with Crippen LogP contribution in [0.1, 0.15) is 5.69 Å². The highest BCUT2D eigenvalue weighted by atomic mass is 32.1. The van der Waals surface area contributed by atoms with Crippen molar-refractivity contribution in [3.05, 3.63) is 29.3 Å². The summed E-state index contributed by atoms with van der Waals surface area (Å²) in [6.07, 6.45) is 0. The zero-order chi connectivity index (χ0) is 14.5. The van der Waals surface area contributed by atoms with Crippen molar-refractivity contribution in [2.75, 3.05) is 46.4 Å². The molecule has 0 unspecified atom stereocenters. The van der Waals surface area contributed by atoms with Crippen LogP contribution in [0.15, 0.2) is 23.6 Å². The topological polar surface area (TPSA) is 44.4 Å². The smallest absolute Gasteiger partial charge is 0.102 e. The first-order chi connectivity index (χ1) is 10.3. The molecule has 6 heteroatoms. The maximum atomic E-state index is 5.37. The van der Waals surface area contributed by atoms with Gasteiger partial charge in [-0.3, -0.25) is 14.9 Å². The lowest BCUT2D eigenvalue weighted by Gasteiger charge is -2.28. The fourth-order valence-corrected chi connectivity index (χ4v) is 3.19. The van der Waals surface area contributed by atoms with Gasteiger partial charge in [-0.1, -0.05) is 6.07 Å². The van der Waals surface area contributed by atoms with Gasteiger partial charge in [0.1, 0.15) is 5.69 Å². The van der Waals surface area contributed by atoms with E-state index in [1.54, 1.807) is 11.3 Å². The number of likely N-dealkylation sites (N-methyl/N-ethyl adjacent to an activating group) is 1. The lowest BCUT2D eigenvalue weighted by atomic mass is 10.3. The van der Waals surface area contributed by atoms with Crippen molar-refractivity contribution >= 4 is 11.3 Å². The average molecular weight is 306 g/mol. The van der Waals surface area contributed by atoms with Crippen LogP contribution in [-0.2, 0) is 11.3 Å². The molecular formula is C15H22N4OS. The lowest BCUT2D eigenvalue weighted by Crippen LogP contribution is -2.40. The molecule has 3 heterocycles. The summed E-state index contributed by atoms with van der Waals surface area (Å²) in [4.78, 5) is 6.01. The molecule has 0 atom stereocenters. The van der Waals surface area contributed by atoms with E-state index in [1.807, 2.05) is 0 Å². The van der Waals surface area contributed by atoms with Gasteiger partial charge in [-0.05, 0) is 24.6 Å². The highest BCUT2D eigenvalue weighted by Gasteiger charge is 2.12. The molecule has 114 valence electrons. The third-order valence-corrected chi connectivity index (χ3v) is 4.64. The Morgan fingerprint density at radius 3 is 3.05 bits per heavy atom. The Morgan fingerprint density at radius 2 is 2.29 bits per heavy atom. The molecule has 21 heavy (non-hydrogen) atoms. The van der Waals surface area contributed by atoms with Gasteiger partial charge in [0, 0.05) is 38.4 Å². The lowest BCUT2D eigenvalue weighted by molar-refractivity contribution is 0.0341. The molecule has 3 rings (SSSR count). The number of nitrogens with zero attached hydrogens (tertiary/aromatic N) is 3. The average Bonchev–Trinajstić information content (AvgIpc) is 3.17. The number of aromatic nitrogens is 2. The van der Waals surface area contributed by atoms with E-state index in [4.69, 9.17) is 4.74 Å². The second-order valence-electron chi connectivity index (χ2n) is 5.45. The van der Waals surface area contributed by atoms with Crippen LogP contribution in [-0.4, -0.2) is 66.4 Å². The predicted octanol–water partition coefficient (Wildman–Crippen LogP) is 1.90. The highest BCUT2D eigenvalue weighted by Crippen LogP contribution is 2.23. The van der Waals surface area contributed by atoms with E-state index in [1.165, 1.54) is 10.6 Å². The second-order valence-corrected chi connectivity index (χ2v) is 6.40. The van der Waals surface area contributed by atoms with Gasteiger partial charge >= 0.3 is 0 Å². The molecule has 1 saturated heterocycles. The van der Waals surface area contributed by atoms with Crippen molar-refractivity contribution in [2.24, 2.45) is 0 Å². The fraction of sp³-hybridized carbons (Fsp3) is 0.533. The van der Waals surface area contributed by atoms with Crippen LogP contribution in [0, 0.1) is 0 Å². The van der Waals surface area contributed by atoms with Crippen LogP contribution in [0.4, 0.5) is 0 Å². The van der Waals surface area contributed by atoms with Gasteiger partial charge < -0.3 is 4.74 Å². The molecule has 0 saturated carbocycles. The number of rotatable bonds is 6. The standard InChI is InChI=1S/C15H22N4OS/c1-18(4-5-19-6-8-20-9-7-19)12-13-11-14(17-16-13)15-3-2-10-21-15/h2-3,10-11H,4-9,12H2,1H3,(H,16,17). The first kappa shape index (κ1) is 14.7. The number of H-pyrrole nitrogens is 1. The number of nitrogens with one attached hydrogen (secondary N) is 1. The van der Waals surface area contributed by atoms with Gasteiger partial charge in [-0.25, -0.2) is 0 Å². The van der Waals surface area contributed by atoms with Crippen LogP contribution in [0.3, 0.4) is 0 Å². The van der Waals surface area contributed by atoms with Gasteiger partial charge in [0.15, 0.2) is 0 Å². The molecule has 2 aromatic heterocycles. The minimum Gasteiger partial charge on any atom is -0.379 e. The molecule has 1 fully saturated rings. The molecule has 0 aromatic carbocycles. The fourth-order valence-electron chi connectivity index (χ4n) is 2.50. The van der Waals surface area contributed by atoms with E-state index in [0.717, 1.165) is 51.6 Å². The van der Waals surface area contributed by atoms with Crippen molar-refractivity contribution in [2.45, 2.75) is 6.54 Å². The second kappa shape index (κ2) is 7.17. The Balaban J connectivity index is 1.47. The van der Waals surface area contributed by atoms with Crippen molar-refractivity contribution < 1.29 is 4.74 Å². The Bertz CT molecular complexity index is 534. The first-order valence-electron chi connectivity index (χ1n) is 7.38. The van der Waals surface area contributed by atoms with E-state index in [9.17, 15) is 0 Å². The third-order valence-electron chi connectivity index (χ3n) is 3.75. The number of morpholine rings is 1.